The number of hydrogen-bond donors (Lipinski definition) is 0. The second kappa shape index (κ2) is 4.38. The van der Waals surface area contributed by atoms with Gasteiger partial charge in [-0.2, -0.15) is 0 Å². The van der Waals surface area contributed by atoms with Crippen molar-refractivity contribution in [2.24, 2.45) is 0 Å². The average Bonchev–Trinajstić information content (AvgIpc) is 2.01. The fraction of sp³-hybridized carbons (Fsp3) is 0.125. The van der Waals surface area contributed by atoms with Gasteiger partial charge in [0.05, 0.1) is 5.33 Å². The zero-order valence-corrected chi connectivity index (χ0v) is 7.98. The second-order valence-corrected chi connectivity index (χ2v) is 2.73. The highest BCUT2D eigenvalue weighted by Gasteiger charge is 1.88. The maximum Gasteiger partial charge on any atom is 0.130 e. The summed E-state index contributed by atoms with van der Waals surface area (Å²) in [6.07, 6.45) is 0. The lowest BCUT2D eigenvalue weighted by atomic mass is 10.3. The molecule has 56 valence electrons. The van der Waals surface area contributed by atoms with Crippen molar-refractivity contribution in [3.8, 4) is 11.8 Å². The topological polar surface area (TPSA) is 12.9 Å². The van der Waals surface area contributed by atoms with Crippen LogP contribution >= 0.6 is 27.5 Å². The second-order valence-electron chi connectivity index (χ2n) is 1.78. The maximum atomic E-state index is 5.63. The summed E-state index contributed by atoms with van der Waals surface area (Å²) in [5.41, 5.74) is 0.706. The lowest BCUT2D eigenvalue weighted by Gasteiger charge is -1.88. The third-order valence-corrected chi connectivity index (χ3v) is 1.49. The summed E-state index contributed by atoms with van der Waals surface area (Å²) in [6, 6.07) is 5.37. The third-order valence-electron chi connectivity index (χ3n) is 0.998. The number of halogens is 2. The van der Waals surface area contributed by atoms with Gasteiger partial charge in [-0.3, -0.25) is 0 Å². The Hall–Kier alpha value is -0.520. The summed E-state index contributed by atoms with van der Waals surface area (Å²) in [6.45, 7) is 0. The highest BCUT2D eigenvalue weighted by Crippen LogP contribution is 2.03. The molecule has 0 N–H and O–H groups in total. The highest BCUT2D eigenvalue weighted by atomic mass is 79.9. The Bertz CT molecular complexity index is 300. The molecule has 11 heavy (non-hydrogen) atoms. The van der Waals surface area contributed by atoms with Gasteiger partial charge in [-0.25, -0.2) is 4.98 Å². The normalized spacial score (nSPS) is 8.55. The molecule has 0 amide bonds. The van der Waals surface area contributed by atoms with Crippen molar-refractivity contribution in [2.45, 2.75) is 0 Å². The van der Waals surface area contributed by atoms with Crippen LogP contribution in [-0.4, -0.2) is 10.3 Å². The minimum absolute atomic E-state index is 0.478. The summed E-state index contributed by atoms with van der Waals surface area (Å²) >= 11 is 8.82. The first-order valence-corrected chi connectivity index (χ1v) is 4.50. The molecular formula is C8H5BrClN. The van der Waals surface area contributed by atoms with Crippen molar-refractivity contribution in [3.05, 3.63) is 29.0 Å². The van der Waals surface area contributed by atoms with Gasteiger partial charge in [0, 0.05) is 0 Å². The van der Waals surface area contributed by atoms with Gasteiger partial charge in [0.2, 0.25) is 0 Å². The van der Waals surface area contributed by atoms with Gasteiger partial charge >= 0.3 is 0 Å². The molecular weight excluding hydrogens is 225 g/mol. The third kappa shape index (κ3) is 2.92. The Morgan fingerprint density at radius 3 is 3.00 bits per heavy atom. The van der Waals surface area contributed by atoms with Crippen LogP contribution in [0.2, 0.25) is 5.15 Å². The van der Waals surface area contributed by atoms with E-state index in [1.807, 2.05) is 12.1 Å². The predicted molar refractivity (Wildman–Crippen MR) is 49.9 cm³/mol. The zero-order chi connectivity index (χ0) is 8.10. The van der Waals surface area contributed by atoms with Gasteiger partial charge in [0.15, 0.2) is 0 Å². The number of rotatable bonds is 0. The number of nitrogens with zero attached hydrogens (tertiary/aromatic N) is 1. The lowest BCUT2D eigenvalue weighted by molar-refractivity contribution is 1.29. The Morgan fingerprint density at radius 2 is 2.36 bits per heavy atom. The smallest absolute Gasteiger partial charge is 0.130 e. The maximum absolute atomic E-state index is 5.63. The first-order chi connectivity index (χ1) is 5.33. The van der Waals surface area contributed by atoms with Crippen LogP contribution in [0.15, 0.2) is 18.2 Å². The minimum atomic E-state index is 0.478. The molecule has 0 spiro atoms. The van der Waals surface area contributed by atoms with Crippen molar-refractivity contribution >= 4 is 27.5 Å². The number of hydrogen-bond acceptors (Lipinski definition) is 1. The molecule has 1 nitrogen and oxygen atoms in total. The quantitative estimate of drug-likeness (QED) is 0.379. The van der Waals surface area contributed by atoms with E-state index in [1.165, 1.54) is 0 Å². The van der Waals surface area contributed by atoms with Gasteiger partial charge < -0.3 is 0 Å². The van der Waals surface area contributed by atoms with Crippen LogP contribution < -0.4 is 0 Å². The van der Waals surface area contributed by atoms with Crippen molar-refractivity contribution in [1.82, 2.24) is 4.98 Å². The summed E-state index contributed by atoms with van der Waals surface area (Å²) < 4.78 is 0. The zero-order valence-electron chi connectivity index (χ0n) is 5.64. The first-order valence-electron chi connectivity index (χ1n) is 3.00. The van der Waals surface area contributed by atoms with E-state index < -0.39 is 0 Å². The summed E-state index contributed by atoms with van der Waals surface area (Å²) in [5, 5.41) is 1.13. The SMILES string of the molecule is Clc1cccc(C#CCBr)n1. The number of aromatic nitrogens is 1. The van der Waals surface area contributed by atoms with E-state index in [1.54, 1.807) is 6.07 Å². The molecule has 0 aromatic carbocycles. The van der Waals surface area contributed by atoms with E-state index in [4.69, 9.17) is 11.6 Å². The number of alkyl halides is 1. The van der Waals surface area contributed by atoms with E-state index in [0.29, 0.717) is 16.2 Å². The molecule has 0 aliphatic rings. The molecule has 3 heteroatoms. The van der Waals surface area contributed by atoms with E-state index >= 15 is 0 Å². The van der Waals surface area contributed by atoms with E-state index in [-0.39, 0.29) is 0 Å². The Kier molecular flexibility index (Phi) is 3.41. The van der Waals surface area contributed by atoms with Crippen LogP contribution in [-0.2, 0) is 0 Å². The minimum Gasteiger partial charge on any atom is -0.228 e. The molecule has 0 unspecified atom stereocenters. The molecule has 1 rings (SSSR count). The molecule has 0 bridgehead atoms. The molecule has 0 aliphatic carbocycles. The molecule has 0 fully saturated rings. The van der Waals surface area contributed by atoms with Gasteiger partial charge in [-0.15, -0.1) is 0 Å². The monoisotopic (exact) mass is 229 g/mol. The summed E-state index contributed by atoms with van der Waals surface area (Å²) in [5.74, 6) is 5.68. The summed E-state index contributed by atoms with van der Waals surface area (Å²) in [7, 11) is 0. The van der Waals surface area contributed by atoms with Crippen molar-refractivity contribution in [3.63, 3.8) is 0 Å². The van der Waals surface area contributed by atoms with E-state index in [2.05, 4.69) is 32.8 Å². The average molecular weight is 230 g/mol. The van der Waals surface area contributed by atoms with Crippen LogP contribution in [0.1, 0.15) is 5.69 Å². The fourth-order valence-electron chi connectivity index (χ4n) is 0.602. The largest absolute Gasteiger partial charge is 0.228 e. The standard InChI is InChI=1S/C8H5BrClN/c9-6-2-4-7-3-1-5-8(10)11-7/h1,3,5H,6H2. The van der Waals surface area contributed by atoms with Crippen LogP contribution in [0.3, 0.4) is 0 Å². The molecule has 0 aliphatic heterocycles. The first kappa shape index (κ1) is 8.58. The fourth-order valence-corrected chi connectivity index (χ4v) is 0.906. The molecule has 1 aromatic rings. The van der Waals surface area contributed by atoms with Crippen LogP contribution in [0.25, 0.3) is 0 Å². The molecule has 0 saturated carbocycles. The summed E-state index contributed by atoms with van der Waals surface area (Å²) in [4.78, 5) is 3.98. The van der Waals surface area contributed by atoms with Gasteiger partial charge in [0.25, 0.3) is 0 Å². The molecule has 1 heterocycles. The molecule has 0 atom stereocenters. The molecule has 0 radical (unpaired) electrons. The van der Waals surface area contributed by atoms with Crippen LogP contribution in [0.5, 0.6) is 0 Å². The van der Waals surface area contributed by atoms with E-state index in [9.17, 15) is 0 Å². The Morgan fingerprint density at radius 1 is 1.55 bits per heavy atom. The van der Waals surface area contributed by atoms with Crippen molar-refractivity contribution in [1.29, 1.82) is 0 Å². The van der Waals surface area contributed by atoms with Crippen LogP contribution in [0.4, 0.5) is 0 Å². The predicted octanol–water partition coefficient (Wildman–Crippen LogP) is 2.48. The van der Waals surface area contributed by atoms with Gasteiger partial charge in [0.1, 0.15) is 10.8 Å². The molecule has 0 saturated heterocycles. The number of pyridine rings is 1. The Labute approximate surface area is 78.9 Å². The molecule has 1 aromatic heterocycles. The van der Waals surface area contributed by atoms with Crippen molar-refractivity contribution < 1.29 is 0 Å². The van der Waals surface area contributed by atoms with E-state index in [0.717, 1.165) is 0 Å². The Balaban J connectivity index is 2.87. The van der Waals surface area contributed by atoms with Gasteiger partial charge in [-0.1, -0.05) is 39.5 Å². The van der Waals surface area contributed by atoms with Crippen molar-refractivity contribution in [2.75, 3.05) is 5.33 Å². The van der Waals surface area contributed by atoms with Crippen LogP contribution in [0, 0.1) is 11.8 Å². The lowest BCUT2D eigenvalue weighted by Crippen LogP contribution is -1.80. The van der Waals surface area contributed by atoms with Gasteiger partial charge in [-0.05, 0) is 18.1 Å². The highest BCUT2D eigenvalue weighted by molar-refractivity contribution is 9.09.